The number of aromatic nitrogens is 2. The number of nitrogens with one attached hydrogen (secondary N) is 1. The van der Waals surface area contributed by atoms with Gasteiger partial charge in [-0.2, -0.15) is 5.10 Å². The van der Waals surface area contributed by atoms with Crippen LogP contribution in [0.4, 0.5) is 0 Å². The van der Waals surface area contributed by atoms with Gasteiger partial charge >= 0.3 is 0 Å². The monoisotopic (exact) mass is 285 g/mol. The van der Waals surface area contributed by atoms with E-state index in [9.17, 15) is 5.11 Å². The van der Waals surface area contributed by atoms with Crippen LogP contribution < -0.4 is 5.32 Å². The molecule has 1 heterocycles. The number of hydrogen-bond acceptors (Lipinski definition) is 3. The van der Waals surface area contributed by atoms with Crippen LogP contribution in [0.3, 0.4) is 0 Å². The molecule has 2 N–H and O–H groups in total. The van der Waals surface area contributed by atoms with Gasteiger partial charge < -0.3 is 10.4 Å². The fourth-order valence-corrected chi connectivity index (χ4v) is 3.08. The number of rotatable bonds is 4. The van der Waals surface area contributed by atoms with Crippen molar-refractivity contribution in [3.05, 3.63) is 47.3 Å². The smallest absolute Gasteiger partial charge is 0.115 e. The Hall–Kier alpha value is -1.81. The molecule has 1 aliphatic carbocycles. The standard InChI is InChI=1S/C17H23N3O/c1-12(2)20-17-14(11-19-20)4-3-5-16(17)18-10-13-6-8-15(21)9-7-13/h6-9,11-12,16,18,21H,3-5,10H2,1-2H3/t16-/m0/s1. The Kier molecular flexibility index (Phi) is 3.97. The van der Waals surface area contributed by atoms with E-state index >= 15 is 0 Å². The second kappa shape index (κ2) is 5.90. The maximum absolute atomic E-state index is 9.34. The summed E-state index contributed by atoms with van der Waals surface area (Å²) in [6, 6.07) is 8.17. The fourth-order valence-electron chi connectivity index (χ4n) is 3.08. The maximum atomic E-state index is 9.34. The van der Waals surface area contributed by atoms with Crippen molar-refractivity contribution in [3.8, 4) is 5.75 Å². The second-order valence-electron chi connectivity index (χ2n) is 6.09. The fraction of sp³-hybridized carbons (Fsp3) is 0.471. The van der Waals surface area contributed by atoms with E-state index < -0.39 is 0 Å². The molecule has 0 fully saturated rings. The van der Waals surface area contributed by atoms with Crippen LogP contribution >= 0.6 is 0 Å². The zero-order valence-electron chi connectivity index (χ0n) is 12.7. The van der Waals surface area contributed by atoms with Crippen LogP contribution in [0.25, 0.3) is 0 Å². The first-order valence-electron chi connectivity index (χ1n) is 7.72. The Morgan fingerprint density at radius 3 is 2.81 bits per heavy atom. The normalized spacial score (nSPS) is 18.0. The summed E-state index contributed by atoms with van der Waals surface area (Å²) >= 11 is 0. The summed E-state index contributed by atoms with van der Waals surface area (Å²) in [5.74, 6) is 0.316. The molecule has 1 aliphatic rings. The van der Waals surface area contributed by atoms with E-state index in [0.717, 1.165) is 19.4 Å². The van der Waals surface area contributed by atoms with Gasteiger partial charge in [0.25, 0.3) is 0 Å². The Balaban J connectivity index is 1.75. The topological polar surface area (TPSA) is 50.1 Å². The molecule has 0 saturated heterocycles. The van der Waals surface area contributed by atoms with Crippen molar-refractivity contribution in [2.24, 2.45) is 0 Å². The first kappa shape index (κ1) is 14.1. The first-order valence-corrected chi connectivity index (χ1v) is 7.72. The summed E-state index contributed by atoms with van der Waals surface area (Å²) in [5, 5.41) is 17.6. The van der Waals surface area contributed by atoms with Crippen LogP contribution in [0.15, 0.2) is 30.5 Å². The third-order valence-corrected chi connectivity index (χ3v) is 4.16. The molecule has 3 rings (SSSR count). The molecule has 1 aromatic carbocycles. The number of fused-ring (bicyclic) bond motifs is 1. The number of phenolic OH excluding ortho intramolecular Hbond substituents is 1. The Morgan fingerprint density at radius 1 is 1.33 bits per heavy atom. The van der Waals surface area contributed by atoms with Gasteiger partial charge in [-0.05, 0) is 56.4 Å². The van der Waals surface area contributed by atoms with Crippen molar-refractivity contribution in [1.82, 2.24) is 15.1 Å². The first-order chi connectivity index (χ1) is 10.1. The summed E-state index contributed by atoms with van der Waals surface area (Å²) in [7, 11) is 0. The number of hydrogen-bond donors (Lipinski definition) is 2. The molecule has 0 saturated carbocycles. The third-order valence-electron chi connectivity index (χ3n) is 4.16. The lowest BCUT2D eigenvalue weighted by molar-refractivity contribution is 0.401. The number of phenols is 1. The molecule has 0 unspecified atom stereocenters. The van der Waals surface area contributed by atoms with Crippen LogP contribution in [0.5, 0.6) is 5.75 Å². The summed E-state index contributed by atoms with van der Waals surface area (Å²) in [6.45, 7) is 5.17. The number of benzene rings is 1. The van der Waals surface area contributed by atoms with Gasteiger partial charge in [0.1, 0.15) is 5.75 Å². The molecule has 1 aromatic heterocycles. The zero-order chi connectivity index (χ0) is 14.8. The van der Waals surface area contributed by atoms with Gasteiger partial charge in [0.2, 0.25) is 0 Å². The molecule has 4 heteroatoms. The summed E-state index contributed by atoms with van der Waals surface area (Å²) in [5.41, 5.74) is 3.93. The highest BCUT2D eigenvalue weighted by Crippen LogP contribution is 2.31. The second-order valence-corrected chi connectivity index (χ2v) is 6.09. The predicted octanol–water partition coefficient (Wildman–Crippen LogP) is 3.34. The van der Waals surface area contributed by atoms with Crippen molar-refractivity contribution in [2.45, 2.75) is 51.7 Å². The lowest BCUT2D eigenvalue weighted by atomic mass is 9.93. The highest BCUT2D eigenvalue weighted by Gasteiger charge is 2.25. The predicted molar refractivity (Wildman–Crippen MR) is 83.2 cm³/mol. The number of aromatic hydroxyl groups is 1. The molecule has 0 radical (unpaired) electrons. The highest BCUT2D eigenvalue weighted by atomic mass is 16.3. The molecule has 0 amide bonds. The summed E-state index contributed by atoms with van der Waals surface area (Å²) in [4.78, 5) is 0. The van der Waals surface area contributed by atoms with Crippen molar-refractivity contribution >= 4 is 0 Å². The molecule has 21 heavy (non-hydrogen) atoms. The molecule has 112 valence electrons. The zero-order valence-corrected chi connectivity index (χ0v) is 12.7. The Bertz CT molecular complexity index is 601. The van der Waals surface area contributed by atoms with Crippen LogP contribution in [0.2, 0.25) is 0 Å². The SMILES string of the molecule is CC(C)n1ncc2c1[C@@H](NCc1ccc(O)cc1)CCC2. The van der Waals surface area contributed by atoms with E-state index in [2.05, 4.69) is 28.9 Å². The molecule has 1 atom stereocenters. The molecule has 0 bridgehead atoms. The third kappa shape index (κ3) is 2.95. The highest BCUT2D eigenvalue weighted by molar-refractivity contribution is 5.27. The van der Waals surface area contributed by atoms with E-state index in [1.807, 2.05) is 18.3 Å². The molecule has 4 nitrogen and oxygen atoms in total. The van der Waals surface area contributed by atoms with E-state index in [0.29, 0.717) is 17.8 Å². The van der Waals surface area contributed by atoms with Gasteiger partial charge in [-0.3, -0.25) is 4.68 Å². The van der Waals surface area contributed by atoms with Gasteiger partial charge in [0.15, 0.2) is 0 Å². The summed E-state index contributed by atoms with van der Waals surface area (Å²) in [6.07, 6.45) is 5.54. The molecular formula is C17H23N3O. The Labute approximate surface area is 125 Å². The Morgan fingerprint density at radius 2 is 2.10 bits per heavy atom. The lowest BCUT2D eigenvalue weighted by Crippen LogP contribution is -2.27. The summed E-state index contributed by atoms with van der Waals surface area (Å²) < 4.78 is 2.16. The van der Waals surface area contributed by atoms with Crippen molar-refractivity contribution in [3.63, 3.8) is 0 Å². The molecular weight excluding hydrogens is 262 g/mol. The number of nitrogens with zero attached hydrogens (tertiary/aromatic N) is 2. The van der Waals surface area contributed by atoms with Crippen LogP contribution in [-0.2, 0) is 13.0 Å². The molecule has 0 spiro atoms. The van der Waals surface area contributed by atoms with Crippen molar-refractivity contribution in [2.75, 3.05) is 0 Å². The van der Waals surface area contributed by atoms with E-state index in [4.69, 9.17) is 0 Å². The van der Waals surface area contributed by atoms with Gasteiger partial charge in [0.05, 0.1) is 11.9 Å². The minimum absolute atomic E-state index is 0.316. The largest absolute Gasteiger partial charge is 0.508 e. The van der Waals surface area contributed by atoms with Crippen LogP contribution in [0.1, 0.15) is 55.6 Å². The van der Waals surface area contributed by atoms with Gasteiger partial charge in [-0.25, -0.2) is 0 Å². The van der Waals surface area contributed by atoms with Crippen LogP contribution in [0, 0.1) is 0 Å². The lowest BCUT2D eigenvalue weighted by Gasteiger charge is -2.26. The van der Waals surface area contributed by atoms with E-state index in [1.54, 1.807) is 12.1 Å². The van der Waals surface area contributed by atoms with E-state index in [-0.39, 0.29) is 0 Å². The minimum atomic E-state index is 0.316. The van der Waals surface area contributed by atoms with Gasteiger partial charge in [-0.15, -0.1) is 0 Å². The molecule has 0 aliphatic heterocycles. The van der Waals surface area contributed by atoms with Crippen molar-refractivity contribution < 1.29 is 5.11 Å². The van der Waals surface area contributed by atoms with E-state index in [1.165, 1.54) is 23.2 Å². The van der Waals surface area contributed by atoms with Crippen LogP contribution in [-0.4, -0.2) is 14.9 Å². The number of aryl methyl sites for hydroxylation is 1. The maximum Gasteiger partial charge on any atom is 0.115 e. The average Bonchev–Trinajstić information content (AvgIpc) is 2.91. The minimum Gasteiger partial charge on any atom is -0.508 e. The van der Waals surface area contributed by atoms with Crippen molar-refractivity contribution in [1.29, 1.82) is 0 Å². The van der Waals surface area contributed by atoms with Gasteiger partial charge in [0, 0.05) is 18.6 Å². The quantitative estimate of drug-likeness (QED) is 0.906. The average molecular weight is 285 g/mol. The molecule has 2 aromatic rings. The van der Waals surface area contributed by atoms with Gasteiger partial charge in [-0.1, -0.05) is 12.1 Å².